The highest BCUT2D eigenvalue weighted by Gasteiger charge is 2.35. The molecule has 1 aliphatic heterocycles. The topological polar surface area (TPSA) is 67.2 Å². The van der Waals surface area contributed by atoms with Crippen LogP contribution in [0.3, 0.4) is 0 Å². The first-order chi connectivity index (χ1) is 16.0. The first-order valence-electron chi connectivity index (χ1n) is 11.2. The number of carbonyl (C=O) groups excluding carboxylic acids is 2. The van der Waals surface area contributed by atoms with Crippen LogP contribution < -0.4 is 5.32 Å². The molecule has 8 heteroatoms. The van der Waals surface area contributed by atoms with Crippen molar-refractivity contribution in [2.24, 2.45) is 0 Å². The number of hydrogen-bond acceptors (Lipinski definition) is 3. The minimum atomic E-state index is -0.514. The number of amides is 2. The molecule has 1 saturated heterocycles. The Morgan fingerprint density at radius 3 is 2.55 bits per heavy atom. The van der Waals surface area contributed by atoms with E-state index in [1.165, 1.54) is 11.3 Å². The number of carbonyl (C=O) groups is 2. The van der Waals surface area contributed by atoms with Crippen LogP contribution in [0.4, 0.5) is 0 Å². The van der Waals surface area contributed by atoms with E-state index < -0.39 is 6.04 Å². The Balaban J connectivity index is 1.31. The van der Waals surface area contributed by atoms with E-state index in [2.05, 4.69) is 5.32 Å². The fourth-order valence-electron chi connectivity index (χ4n) is 4.85. The number of benzene rings is 2. The Morgan fingerprint density at radius 1 is 1.03 bits per heavy atom. The zero-order chi connectivity index (χ0) is 22.9. The molecule has 3 aromatic rings. The van der Waals surface area contributed by atoms with E-state index in [1.807, 2.05) is 35.0 Å². The number of nitrogens with zero attached hydrogens (tertiary/aromatic N) is 3. The SMILES string of the molecule is O=C(NCc1nn(-c2ccccc2)c2c1CCC2)C1CCCN1C(=O)c1cc(Cl)cc(Cl)c1. The van der Waals surface area contributed by atoms with Crippen molar-refractivity contribution < 1.29 is 9.59 Å². The van der Waals surface area contributed by atoms with Crippen LogP contribution in [0.15, 0.2) is 48.5 Å². The molecule has 1 atom stereocenters. The third kappa shape index (κ3) is 4.37. The summed E-state index contributed by atoms with van der Waals surface area (Å²) in [7, 11) is 0. The highest BCUT2D eigenvalue weighted by atomic mass is 35.5. The molecule has 33 heavy (non-hydrogen) atoms. The summed E-state index contributed by atoms with van der Waals surface area (Å²) in [5.74, 6) is -0.388. The molecule has 0 spiro atoms. The van der Waals surface area contributed by atoms with Gasteiger partial charge in [-0.15, -0.1) is 0 Å². The zero-order valence-electron chi connectivity index (χ0n) is 18.1. The van der Waals surface area contributed by atoms with Crippen molar-refractivity contribution >= 4 is 35.0 Å². The van der Waals surface area contributed by atoms with Crippen molar-refractivity contribution in [3.05, 3.63) is 81.1 Å². The second-order valence-corrected chi connectivity index (χ2v) is 9.38. The fourth-order valence-corrected chi connectivity index (χ4v) is 5.38. The van der Waals surface area contributed by atoms with Crippen LogP contribution >= 0.6 is 23.2 Å². The van der Waals surface area contributed by atoms with Crippen LogP contribution in [0.5, 0.6) is 0 Å². The number of fused-ring (bicyclic) bond motifs is 1. The third-order valence-electron chi connectivity index (χ3n) is 6.37. The number of hydrogen-bond donors (Lipinski definition) is 1. The van der Waals surface area contributed by atoms with Crippen LogP contribution in [0, 0.1) is 0 Å². The van der Waals surface area contributed by atoms with E-state index >= 15 is 0 Å². The van der Waals surface area contributed by atoms with Crippen molar-refractivity contribution in [1.82, 2.24) is 20.0 Å². The molecule has 170 valence electrons. The predicted octanol–water partition coefficient (Wildman–Crippen LogP) is 4.59. The Morgan fingerprint density at radius 2 is 1.79 bits per heavy atom. The average Bonchev–Trinajstić information content (AvgIpc) is 3.54. The highest BCUT2D eigenvalue weighted by molar-refractivity contribution is 6.35. The van der Waals surface area contributed by atoms with Gasteiger partial charge in [0.05, 0.1) is 17.9 Å². The summed E-state index contributed by atoms with van der Waals surface area (Å²) in [6.07, 6.45) is 4.45. The van der Waals surface area contributed by atoms with Crippen molar-refractivity contribution in [3.63, 3.8) is 0 Å². The first-order valence-corrected chi connectivity index (χ1v) is 12.0. The quantitative estimate of drug-likeness (QED) is 0.578. The van der Waals surface area contributed by atoms with Gasteiger partial charge in [-0.1, -0.05) is 41.4 Å². The van der Waals surface area contributed by atoms with Gasteiger partial charge in [0.2, 0.25) is 5.91 Å². The first kappa shape index (κ1) is 22.0. The molecule has 2 amide bonds. The lowest BCUT2D eigenvalue weighted by molar-refractivity contribution is -0.125. The van der Waals surface area contributed by atoms with Gasteiger partial charge in [0, 0.05) is 27.8 Å². The van der Waals surface area contributed by atoms with Crippen LogP contribution in [0.2, 0.25) is 10.0 Å². The number of halogens is 2. The Labute approximate surface area is 202 Å². The number of likely N-dealkylation sites (tertiary alicyclic amines) is 1. The Hall–Kier alpha value is -2.83. The number of rotatable bonds is 5. The van der Waals surface area contributed by atoms with Gasteiger partial charge in [-0.3, -0.25) is 9.59 Å². The van der Waals surface area contributed by atoms with Gasteiger partial charge >= 0.3 is 0 Å². The van der Waals surface area contributed by atoms with Crippen LogP contribution in [0.1, 0.15) is 46.6 Å². The molecule has 0 saturated carbocycles. The number of para-hydroxylation sites is 1. The van der Waals surface area contributed by atoms with E-state index in [-0.39, 0.29) is 11.8 Å². The monoisotopic (exact) mass is 482 g/mol. The van der Waals surface area contributed by atoms with E-state index in [4.69, 9.17) is 28.3 Å². The molecule has 1 aliphatic carbocycles. The molecule has 0 radical (unpaired) electrons. The van der Waals surface area contributed by atoms with Gasteiger partial charge in [0.25, 0.3) is 5.91 Å². The molecular formula is C25H24Cl2N4O2. The predicted molar refractivity (Wildman–Crippen MR) is 128 cm³/mol. The normalized spacial score (nSPS) is 17.3. The molecule has 0 bridgehead atoms. The number of aromatic nitrogens is 2. The average molecular weight is 483 g/mol. The zero-order valence-corrected chi connectivity index (χ0v) is 19.6. The van der Waals surface area contributed by atoms with Crippen molar-refractivity contribution in [2.45, 2.75) is 44.7 Å². The molecule has 1 unspecified atom stereocenters. The second kappa shape index (κ2) is 9.20. The van der Waals surface area contributed by atoms with E-state index in [0.29, 0.717) is 35.1 Å². The maximum absolute atomic E-state index is 13.1. The van der Waals surface area contributed by atoms with Gasteiger partial charge in [0.15, 0.2) is 0 Å². The molecule has 6 nitrogen and oxygen atoms in total. The van der Waals surface area contributed by atoms with Gasteiger partial charge in [-0.25, -0.2) is 4.68 Å². The minimum Gasteiger partial charge on any atom is -0.349 e. The van der Waals surface area contributed by atoms with E-state index in [9.17, 15) is 9.59 Å². The molecule has 1 aromatic heterocycles. The molecular weight excluding hydrogens is 459 g/mol. The summed E-state index contributed by atoms with van der Waals surface area (Å²) in [5, 5.41) is 8.64. The van der Waals surface area contributed by atoms with Crippen molar-refractivity contribution in [2.75, 3.05) is 6.54 Å². The maximum Gasteiger partial charge on any atom is 0.254 e. The third-order valence-corrected chi connectivity index (χ3v) is 6.81. The summed E-state index contributed by atoms with van der Waals surface area (Å²) in [5.41, 5.74) is 4.78. The Bertz CT molecular complexity index is 1190. The molecule has 1 N–H and O–H groups in total. The lowest BCUT2D eigenvalue weighted by Crippen LogP contribution is -2.45. The van der Waals surface area contributed by atoms with Gasteiger partial charge in [-0.05, 0) is 68.0 Å². The minimum absolute atomic E-state index is 0.157. The standard InChI is InChI=1S/C25H24Cl2N4O2/c26-17-12-16(13-18(27)14-17)25(33)30-11-5-10-23(30)24(32)28-15-21-20-8-4-9-22(20)31(29-21)19-6-2-1-3-7-19/h1-3,6-7,12-14,23H,4-5,8-11,15H2,(H,28,32). The lowest BCUT2D eigenvalue weighted by Gasteiger charge is -2.24. The molecule has 2 aliphatic rings. The summed E-state index contributed by atoms with van der Waals surface area (Å²) in [4.78, 5) is 27.8. The van der Waals surface area contributed by atoms with E-state index in [0.717, 1.165) is 37.1 Å². The fraction of sp³-hybridized carbons (Fsp3) is 0.320. The van der Waals surface area contributed by atoms with Crippen LogP contribution in [-0.2, 0) is 24.2 Å². The van der Waals surface area contributed by atoms with Crippen molar-refractivity contribution in [3.8, 4) is 5.69 Å². The van der Waals surface area contributed by atoms with Crippen molar-refractivity contribution in [1.29, 1.82) is 0 Å². The lowest BCUT2D eigenvalue weighted by atomic mass is 10.1. The van der Waals surface area contributed by atoms with Gasteiger partial charge in [0.1, 0.15) is 6.04 Å². The molecule has 2 heterocycles. The van der Waals surface area contributed by atoms with E-state index in [1.54, 1.807) is 23.1 Å². The van der Waals surface area contributed by atoms with Gasteiger partial charge in [-0.2, -0.15) is 5.10 Å². The summed E-state index contributed by atoms with van der Waals surface area (Å²) in [6, 6.07) is 14.3. The molecule has 1 fully saturated rings. The largest absolute Gasteiger partial charge is 0.349 e. The highest BCUT2D eigenvalue weighted by Crippen LogP contribution is 2.28. The Kier molecular flexibility index (Phi) is 6.13. The summed E-state index contributed by atoms with van der Waals surface area (Å²) in [6.45, 7) is 0.877. The summed E-state index contributed by atoms with van der Waals surface area (Å²) < 4.78 is 2.00. The van der Waals surface area contributed by atoms with Crippen LogP contribution in [-0.4, -0.2) is 39.1 Å². The molecule has 5 rings (SSSR count). The second-order valence-electron chi connectivity index (χ2n) is 8.51. The maximum atomic E-state index is 13.1. The molecule has 2 aromatic carbocycles. The smallest absolute Gasteiger partial charge is 0.254 e. The van der Waals surface area contributed by atoms with Crippen LogP contribution in [0.25, 0.3) is 5.69 Å². The van der Waals surface area contributed by atoms with Gasteiger partial charge < -0.3 is 10.2 Å². The summed E-state index contributed by atoms with van der Waals surface area (Å²) >= 11 is 12.1. The number of nitrogens with one attached hydrogen (secondary N) is 1.